The van der Waals surface area contributed by atoms with Crippen molar-refractivity contribution in [2.75, 3.05) is 6.26 Å². The molecule has 0 atom stereocenters. The second kappa shape index (κ2) is 6.76. The van der Waals surface area contributed by atoms with Crippen LogP contribution in [0.3, 0.4) is 0 Å². The molecule has 0 spiro atoms. The minimum Gasteiger partial charge on any atom is -0.467 e. The van der Waals surface area contributed by atoms with Crippen molar-refractivity contribution in [2.24, 2.45) is 0 Å². The first-order valence-electron chi connectivity index (χ1n) is 7.14. The molecule has 6 nitrogen and oxygen atoms in total. The molecule has 1 aliphatic heterocycles. The minimum absolute atomic E-state index is 0.0340. The zero-order chi connectivity index (χ0) is 17.1. The fourth-order valence-corrected chi connectivity index (χ4v) is 2.67. The van der Waals surface area contributed by atoms with E-state index >= 15 is 0 Å². The van der Waals surface area contributed by atoms with Crippen LogP contribution in [0, 0.1) is 0 Å². The Kier molecular flexibility index (Phi) is 4.52. The van der Waals surface area contributed by atoms with E-state index in [2.05, 4.69) is 5.32 Å². The van der Waals surface area contributed by atoms with Crippen molar-refractivity contribution in [3.05, 3.63) is 59.6 Å². The Bertz CT molecular complexity index is 810. The van der Waals surface area contributed by atoms with E-state index < -0.39 is 17.8 Å². The monoisotopic (exact) mass is 342 g/mol. The number of hydrogen-bond donors (Lipinski definition) is 1. The zero-order valence-electron chi connectivity index (χ0n) is 12.8. The highest BCUT2D eigenvalue weighted by atomic mass is 32.2. The maximum Gasteiger partial charge on any atom is 0.331 e. The van der Waals surface area contributed by atoms with Crippen molar-refractivity contribution in [1.29, 1.82) is 0 Å². The van der Waals surface area contributed by atoms with Gasteiger partial charge in [-0.2, -0.15) is 0 Å². The largest absolute Gasteiger partial charge is 0.467 e. The maximum absolute atomic E-state index is 12.5. The van der Waals surface area contributed by atoms with Crippen molar-refractivity contribution in [2.45, 2.75) is 11.4 Å². The summed E-state index contributed by atoms with van der Waals surface area (Å²) in [6, 6.07) is 9.98. The average molecular weight is 342 g/mol. The Morgan fingerprint density at radius 1 is 1.17 bits per heavy atom. The number of amides is 4. The number of thioether (sulfide) groups is 1. The number of furan rings is 1. The fourth-order valence-electron chi connectivity index (χ4n) is 2.26. The Morgan fingerprint density at radius 3 is 2.54 bits per heavy atom. The third kappa shape index (κ3) is 3.26. The number of carbonyl (C=O) groups is 3. The summed E-state index contributed by atoms with van der Waals surface area (Å²) in [5.74, 6) is -0.889. The number of nitrogens with one attached hydrogen (secondary N) is 1. The van der Waals surface area contributed by atoms with Crippen LogP contribution in [0.4, 0.5) is 4.79 Å². The van der Waals surface area contributed by atoms with Crippen LogP contribution in [0.2, 0.25) is 0 Å². The van der Waals surface area contributed by atoms with Gasteiger partial charge in [0.25, 0.3) is 11.8 Å². The summed E-state index contributed by atoms with van der Waals surface area (Å²) < 4.78 is 5.16. The van der Waals surface area contributed by atoms with E-state index in [0.29, 0.717) is 11.3 Å². The SMILES string of the molecule is CSc1ccc(/C=C2\C(=O)NC(=O)N(Cc3ccco3)C2=O)cc1. The van der Waals surface area contributed by atoms with Gasteiger partial charge >= 0.3 is 6.03 Å². The van der Waals surface area contributed by atoms with Crippen molar-refractivity contribution >= 4 is 35.7 Å². The first kappa shape index (κ1) is 16.1. The summed E-state index contributed by atoms with van der Waals surface area (Å²) in [5, 5.41) is 2.18. The van der Waals surface area contributed by atoms with Gasteiger partial charge in [-0.15, -0.1) is 11.8 Å². The van der Waals surface area contributed by atoms with Crippen LogP contribution in [-0.2, 0) is 16.1 Å². The highest BCUT2D eigenvalue weighted by Crippen LogP contribution is 2.19. The topological polar surface area (TPSA) is 79.6 Å². The van der Waals surface area contributed by atoms with Gasteiger partial charge in [-0.05, 0) is 42.2 Å². The number of imide groups is 2. The van der Waals surface area contributed by atoms with Gasteiger partial charge in [-0.1, -0.05) is 12.1 Å². The normalized spacial score (nSPS) is 16.6. The van der Waals surface area contributed by atoms with Gasteiger partial charge in [-0.3, -0.25) is 19.8 Å². The van der Waals surface area contributed by atoms with Crippen molar-refractivity contribution < 1.29 is 18.8 Å². The van der Waals surface area contributed by atoms with Gasteiger partial charge in [0.2, 0.25) is 0 Å². The van der Waals surface area contributed by atoms with Crippen molar-refractivity contribution in [1.82, 2.24) is 10.2 Å². The molecule has 3 rings (SSSR count). The summed E-state index contributed by atoms with van der Waals surface area (Å²) in [6.45, 7) is -0.0340. The summed E-state index contributed by atoms with van der Waals surface area (Å²) in [7, 11) is 0. The summed E-state index contributed by atoms with van der Waals surface area (Å²) in [4.78, 5) is 38.5. The maximum atomic E-state index is 12.5. The lowest BCUT2D eigenvalue weighted by molar-refractivity contribution is -0.130. The third-order valence-corrected chi connectivity index (χ3v) is 4.25. The summed E-state index contributed by atoms with van der Waals surface area (Å²) >= 11 is 1.60. The fraction of sp³-hybridized carbons (Fsp3) is 0.118. The lowest BCUT2D eigenvalue weighted by Gasteiger charge is -2.25. The second-order valence-corrected chi connectivity index (χ2v) is 5.94. The van der Waals surface area contributed by atoms with Gasteiger partial charge in [0.1, 0.15) is 11.3 Å². The molecule has 0 unspecified atom stereocenters. The first-order valence-corrected chi connectivity index (χ1v) is 8.36. The molecule has 2 aromatic rings. The van der Waals surface area contributed by atoms with E-state index in [4.69, 9.17) is 4.42 Å². The summed E-state index contributed by atoms with van der Waals surface area (Å²) in [6.07, 6.45) is 4.89. The molecule has 1 aromatic carbocycles. The molecule has 0 saturated carbocycles. The van der Waals surface area contributed by atoms with Crippen LogP contribution in [0.25, 0.3) is 6.08 Å². The van der Waals surface area contributed by atoms with Crippen LogP contribution in [0.15, 0.2) is 57.5 Å². The minimum atomic E-state index is -0.753. The number of carbonyl (C=O) groups excluding carboxylic acids is 3. The van der Waals surface area contributed by atoms with E-state index in [-0.39, 0.29) is 12.1 Å². The van der Waals surface area contributed by atoms with Crippen molar-refractivity contribution in [3.8, 4) is 0 Å². The molecule has 2 heterocycles. The van der Waals surface area contributed by atoms with E-state index in [9.17, 15) is 14.4 Å². The van der Waals surface area contributed by atoms with Crippen LogP contribution in [0.5, 0.6) is 0 Å². The summed E-state index contributed by atoms with van der Waals surface area (Å²) in [5.41, 5.74) is 0.622. The molecule has 4 amide bonds. The Labute approximate surface area is 142 Å². The highest BCUT2D eigenvalue weighted by molar-refractivity contribution is 7.98. The standard InChI is InChI=1S/C17H14N2O4S/c1-24-13-6-4-11(5-7-13)9-14-15(20)18-17(22)19(16(14)21)10-12-3-2-8-23-12/h2-9H,10H2,1H3,(H,18,20,22)/b14-9+. The van der Waals surface area contributed by atoms with Gasteiger partial charge in [-0.25, -0.2) is 4.79 Å². The van der Waals surface area contributed by atoms with Crippen LogP contribution < -0.4 is 5.32 Å². The molecule has 24 heavy (non-hydrogen) atoms. The van der Waals surface area contributed by atoms with E-state index in [1.165, 1.54) is 12.3 Å². The molecule has 1 N–H and O–H groups in total. The molecule has 7 heteroatoms. The molecule has 122 valence electrons. The Morgan fingerprint density at radius 2 is 1.92 bits per heavy atom. The lowest BCUT2D eigenvalue weighted by atomic mass is 10.1. The zero-order valence-corrected chi connectivity index (χ0v) is 13.6. The van der Waals surface area contributed by atoms with Crippen LogP contribution >= 0.6 is 11.8 Å². The number of benzene rings is 1. The van der Waals surface area contributed by atoms with Crippen LogP contribution in [-0.4, -0.2) is 29.0 Å². The van der Waals surface area contributed by atoms with Gasteiger partial charge in [0.05, 0.1) is 12.8 Å². The molecule has 0 radical (unpaired) electrons. The smallest absolute Gasteiger partial charge is 0.331 e. The van der Waals surface area contributed by atoms with Gasteiger partial charge < -0.3 is 4.42 Å². The molecule has 1 saturated heterocycles. The molecular formula is C17H14N2O4S. The number of nitrogens with zero attached hydrogens (tertiary/aromatic N) is 1. The average Bonchev–Trinajstić information content (AvgIpc) is 3.09. The predicted molar refractivity (Wildman–Crippen MR) is 89.0 cm³/mol. The van der Waals surface area contributed by atoms with Crippen molar-refractivity contribution in [3.63, 3.8) is 0 Å². The van der Waals surface area contributed by atoms with Crippen LogP contribution in [0.1, 0.15) is 11.3 Å². The lowest BCUT2D eigenvalue weighted by Crippen LogP contribution is -2.53. The molecule has 1 aromatic heterocycles. The highest BCUT2D eigenvalue weighted by Gasteiger charge is 2.36. The number of rotatable bonds is 4. The molecule has 0 bridgehead atoms. The number of urea groups is 1. The predicted octanol–water partition coefficient (Wildman–Crippen LogP) is 2.66. The Hall–Kier alpha value is -2.80. The van der Waals surface area contributed by atoms with E-state index in [1.54, 1.807) is 23.9 Å². The Balaban J connectivity index is 1.88. The van der Waals surface area contributed by atoms with E-state index in [1.807, 2.05) is 30.5 Å². The first-order chi connectivity index (χ1) is 11.6. The van der Waals surface area contributed by atoms with Gasteiger partial charge in [0, 0.05) is 4.90 Å². The quantitative estimate of drug-likeness (QED) is 0.525. The molecule has 1 fully saturated rings. The molecule has 1 aliphatic rings. The van der Waals surface area contributed by atoms with E-state index in [0.717, 1.165) is 9.80 Å². The van der Waals surface area contributed by atoms with Gasteiger partial charge in [0.15, 0.2) is 0 Å². The number of barbiturate groups is 1. The molecule has 0 aliphatic carbocycles. The second-order valence-electron chi connectivity index (χ2n) is 5.06. The third-order valence-electron chi connectivity index (χ3n) is 3.51. The number of hydrogen-bond acceptors (Lipinski definition) is 5. The molecular weight excluding hydrogens is 328 g/mol.